The van der Waals surface area contributed by atoms with Crippen molar-refractivity contribution in [2.24, 2.45) is 11.8 Å². The van der Waals surface area contributed by atoms with Gasteiger partial charge in [-0.2, -0.15) is 0 Å². The Bertz CT molecular complexity index is 529. The Morgan fingerprint density at radius 3 is 2.75 bits per heavy atom. The monoisotopic (exact) mass is 280 g/mol. The zero-order chi connectivity index (χ0) is 14.7. The molecule has 1 atom stereocenters. The van der Waals surface area contributed by atoms with Crippen LogP contribution in [0.4, 0.5) is 14.9 Å². The first-order valence-electron chi connectivity index (χ1n) is 6.55. The Morgan fingerprint density at radius 2 is 2.15 bits per heavy atom. The predicted molar refractivity (Wildman–Crippen MR) is 72.3 cm³/mol. The van der Waals surface area contributed by atoms with Crippen LogP contribution >= 0.6 is 0 Å². The molecule has 1 aromatic rings. The van der Waals surface area contributed by atoms with Crippen LogP contribution in [0.1, 0.15) is 30.1 Å². The number of carboxylic acid groups (broad SMARTS) is 1. The van der Waals surface area contributed by atoms with Crippen molar-refractivity contribution in [3.63, 3.8) is 0 Å². The number of nitrogens with one attached hydrogen (secondary N) is 2. The minimum Gasteiger partial charge on any atom is -0.478 e. The third-order valence-corrected chi connectivity index (χ3v) is 3.47. The van der Waals surface area contributed by atoms with E-state index < -0.39 is 17.8 Å². The number of carboxylic acids is 1. The number of anilines is 1. The van der Waals surface area contributed by atoms with Gasteiger partial charge in [0.2, 0.25) is 0 Å². The van der Waals surface area contributed by atoms with E-state index >= 15 is 0 Å². The normalized spacial score (nSPS) is 15.5. The van der Waals surface area contributed by atoms with Gasteiger partial charge in [-0.3, -0.25) is 0 Å². The van der Waals surface area contributed by atoms with E-state index in [1.807, 2.05) is 0 Å². The van der Waals surface area contributed by atoms with Crippen LogP contribution < -0.4 is 10.6 Å². The number of hydrogen-bond acceptors (Lipinski definition) is 2. The summed E-state index contributed by atoms with van der Waals surface area (Å²) in [6, 6.07) is 2.64. The number of halogens is 1. The van der Waals surface area contributed by atoms with Crippen molar-refractivity contribution >= 4 is 17.7 Å². The van der Waals surface area contributed by atoms with Crippen LogP contribution in [0.3, 0.4) is 0 Å². The SMILES string of the molecule is CC(CNC(=O)Nc1cc(F)ccc1C(=O)O)C1CC1. The molecule has 1 fully saturated rings. The van der Waals surface area contributed by atoms with Crippen LogP contribution in [-0.4, -0.2) is 23.7 Å². The number of urea groups is 1. The molecule has 0 radical (unpaired) electrons. The average Bonchev–Trinajstić information content (AvgIpc) is 3.19. The zero-order valence-electron chi connectivity index (χ0n) is 11.1. The van der Waals surface area contributed by atoms with Crippen molar-refractivity contribution in [3.8, 4) is 0 Å². The second kappa shape index (κ2) is 5.90. The molecule has 5 nitrogen and oxygen atoms in total. The van der Waals surface area contributed by atoms with Gasteiger partial charge in [0.25, 0.3) is 0 Å². The van der Waals surface area contributed by atoms with Crippen molar-refractivity contribution in [2.45, 2.75) is 19.8 Å². The van der Waals surface area contributed by atoms with Crippen molar-refractivity contribution in [2.75, 3.05) is 11.9 Å². The fraction of sp³-hybridized carbons (Fsp3) is 0.429. The second-order valence-corrected chi connectivity index (χ2v) is 5.14. The lowest BCUT2D eigenvalue weighted by atomic mass is 10.1. The van der Waals surface area contributed by atoms with Crippen LogP contribution in [-0.2, 0) is 0 Å². The highest BCUT2D eigenvalue weighted by Crippen LogP contribution is 2.36. The lowest BCUT2D eigenvalue weighted by Crippen LogP contribution is -2.33. The quantitative estimate of drug-likeness (QED) is 0.776. The Hall–Kier alpha value is -2.11. The highest BCUT2D eigenvalue weighted by Gasteiger charge is 2.27. The molecule has 6 heteroatoms. The smallest absolute Gasteiger partial charge is 0.337 e. The molecule has 0 aliphatic heterocycles. The number of aromatic carboxylic acids is 1. The third-order valence-electron chi connectivity index (χ3n) is 3.47. The molecule has 0 heterocycles. The van der Waals surface area contributed by atoms with Crippen LogP contribution in [0, 0.1) is 17.7 Å². The van der Waals surface area contributed by atoms with Gasteiger partial charge in [0, 0.05) is 6.54 Å². The molecule has 20 heavy (non-hydrogen) atoms. The molecule has 2 rings (SSSR count). The summed E-state index contributed by atoms with van der Waals surface area (Å²) in [6.45, 7) is 2.58. The van der Waals surface area contributed by atoms with Crippen LogP contribution in [0.2, 0.25) is 0 Å². The molecule has 108 valence electrons. The summed E-state index contributed by atoms with van der Waals surface area (Å²) in [6.07, 6.45) is 2.38. The summed E-state index contributed by atoms with van der Waals surface area (Å²) >= 11 is 0. The minimum atomic E-state index is -1.22. The summed E-state index contributed by atoms with van der Waals surface area (Å²) in [5.74, 6) is -0.755. The van der Waals surface area contributed by atoms with Gasteiger partial charge < -0.3 is 15.7 Å². The summed E-state index contributed by atoms with van der Waals surface area (Å²) in [4.78, 5) is 22.7. The maximum atomic E-state index is 13.1. The van der Waals surface area contributed by atoms with Gasteiger partial charge in [-0.25, -0.2) is 14.0 Å². The van der Waals surface area contributed by atoms with E-state index in [2.05, 4.69) is 17.6 Å². The molecule has 1 aliphatic rings. The van der Waals surface area contributed by atoms with E-state index in [1.165, 1.54) is 12.8 Å². The Kier molecular flexibility index (Phi) is 4.22. The first-order valence-corrected chi connectivity index (χ1v) is 6.55. The fourth-order valence-electron chi connectivity index (χ4n) is 2.06. The Balaban J connectivity index is 1.95. The second-order valence-electron chi connectivity index (χ2n) is 5.14. The van der Waals surface area contributed by atoms with E-state index in [9.17, 15) is 14.0 Å². The molecule has 3 N–H and O–H groups in total. The molecule has 0 bridgehead atoms. The number of benzene rings is 1. The van der Waals surface area contributed by atoms with E-state index in [-0.39, 0.29) is 11.3 Å². The molecular weight excluding hydrogens is 263 g/mol. The minimum absolute atomic E-state index is 0.0472. The largest absolute Gasteiger partial charge is 0.478 e. The van der Waals surface area contributed by atoms with Crippen molar-refractivity contribution in [3.05, 3.63) is 29.6 Å². The van der Waals surface area contributed by atoms with Crippen molar-refractivity contribution < 1.29 is 19.1 Å². The van der Waals surface area contributed by atoms with Crippen LogP contribution in [0.5, 0.6) is 0 Å². The van der Waals surface area contributed by atoms with Gasteiger partial charge in [0.1, 0.15) is 5.82 Å². The van der Waals surface area contributed by atoms with Gasteiger partial charge in [0.05, 0.1) is 11.3 Å². The fourth-order valence-corrected chi connectivity index (χ4v) is 2.06. The van der Waals surface area contributed by atoms with E-state index in [0.717, 1.165) is 18.2 Å². The molecule has 0 saturated heterocycles. The Labute approximate surface area is 116 Å². The zero-order valence-corrected chi connectivity index (χ0v) is 11.1. The van der Waals surface area contributed by atoms with E-state index in [0.29, 0.717) is 18.4 Å². The predicted octanol–water partition coefficient (Wildman–Crippen LogP) is 2.69. The van der Waals surface area contributed by atoms with Crippen LogP contribution in [0.25, 0.3) is 0 Å². The first-order chi connectivity index (χ1) is 9.47. The van der Waals surface area contributed by atoms with E-state index in [4.69, 9.17) is 5.11 Å². The number of hydrogen-bond donors (Lipinski definition) is 3. The summed E-state index contributed by atoms with van der Waals surface area (Å²) in [5, 5.41) is 14.0. The average molecular weight is 280 g/mol. The standard InChI is InChI=1S/C14H17FN2O3/c1-8(9-2-3-9)7-16-14(20)17-12-6-10(15)4-5-11(12)13(18)19/h4-6,8-9H,2-3,7H2,1H3,(H,18,19)(H2,16,17,20). The maximum Gasteiger partial charge on any atom is 0.337 e. The summed E-state index contributed by atoms with van der Waals surface area (Å²) in [5.41, 5.74) is -0.189. The van der Waals surface area contributed by atoms with Gasteiger partial charge in [-0.15, -0.1) is 0 Å². The molecule has 1 unspecified atom stereocenters. The number of carbonyl (C=O) groups is 2. The van der Waals surface area contributed by atoms with Gasteiger partial charge in [-0.05, 0) is 42.9 Å². The summed E-state index contributed by atoms with van der Waals surface area (Å²) < 4.78 is 13.1. The lowest BCUT2D eigenvalue weighted by Gasteiger charge is -2.13. The van der Waals surface area contributed by atoms with Crippen molar-refractivity contribution in [1.29, 1.82) is 0 Å². The highest BCUT2D eigenvalue weighted by atomic mass is 19.1. The van der Waals surface area contributed by atoms with Gasteiger partial charge in [-0.1, -0.05) is 6.92 Å². The maximum absolute atomic E-state index is 13.1. The molecule has 2 amide bonds. The molecule has 0 aromatic heterocycles. The molecule has 1 saturated carbocycles. The first kappa shape index (κ1) is 14.3. The topological polar surface area (TPSA) is 78.4 Å². The molecular formula is C14H17FN2O3. The number of amides is 2. The molecule has 1 aromatic carbocycles. The van der Waals surface area contributed by atoms with E-state index in [1.54, 1.807) is 0 Å². The molecule has 1 aliphatic carbocycles. The van der Waals surface area contributed by atoms with Gasteiger partial charge in [0.15, 0.2) is 0 Å². The summed E-state index contributed by atoms with van der Waals surface area (Å²) in [7, 11) is 0. The van der Waals surface area contributed by atoms with Crippen molar-refractivity contribution in [1.82, 2.24) is 5.32 Å². The highest BCUT2D eigenvalue weighted by molar-refractivity contribution is 5.99. The Morgan fingerprint density at radius 1 is 1.45 bits per heavy atom. The molecule has 0 spiro atoms. The van der Waals surface area contributed by atoms with Crippen LogP contribution in [0.15, 0.2) is 18.2 Å². The number of carbonyl (C=O) groups excluding carboxylic acids is 1. The number of rotatable bonds is 5. The lowest BCUT2D eigenvalue weighted by molar-refractivity contribution is 0.0698. The third kappa shape index (κ3) is 3.69. The van der Waals surface area contributed by atoms with Gasteiger partial charge >= 0.3 is 12.0 Å².